The van der Waals surface area contributed by atoms with E-state index >= 15 is 0 Å². The van der Waals surface area contributed by atoms with Crippen LogP contribution in [0.15, 0.2) is 30.7 Å². The van der Waals surface area contributed by atoms with Crippen LogP contribution in [0.3, 0.4) is 0 Å². The number of nitrogens with two attached hydrogens (primary N) is 1. The van der Waals surface area contributed by atoms with Crippen LogP contribution in [0.2, 0.25) is 0 Å². The molecule has 0 bridgehead atoms. The van der Waals surface area contributed by atoms with Gasteiger partial charge in [0.2, 0.25) is 0 Å². The lowest BCUT2D eigenvalue weighted by Crippen LogP contribution is -2.29. The molecule has 6 heteroatoms. The van der Waals surface area contributed by atoms with Gasteiger partial charge in [-0.1, -0.05) is 0 Å². The molecule has 0 saturated heterocycles. The van der Waals surface area contributed by atoms with Gasteiger partial charge in [-0.3, -0.25) is 15.2 Å². The fraction of sp³-hybridized carbons (Fsp3) is 0. The molecule has 0 radical (unpaired) electrons. The van der Waals surface area contributed by atoms with Crippen LogP contribution in [0, 0.1) is 0 Å². The highest BCUT2D eigenvalue weighted by molar-refractivity contribution is 7.16. The first-order valence-corrected chi connectivity index (χ1v) is 5.00. The number of hydrogen-bond acceptors (Lipinski definition) is 5. The first-order chi connectivity index (χ1) is 7.31. The quantitative estimate of drug-likeness (QED) is 0.446. The van der Waals surface area contributed by atoms with E-state index in [1.807, 2.05) is 12.1 Å². The highest BCUT2D eigenvalue weighted by Gasteiger charge is 2.09. The molecule has 0 aliphatic rings. The number of amides is 1. The number of hydrazine groups is 1. The summed E-state index contributed by atoms with van der Waals surface area (Å²) < 4.78 is 0. The molecule has 2 aromatic heterocycles. The smallest absolute Gasteiger partial charge is 0.276 e. The average Bonchev–Trinajstić information content (AvgIpc) is 2.78. The Morgan fingerprint density at radius 3 is 3.00 bits per heavy atom. The van der Waals surface area contributed by atoms with Crippen molar-refractivity contribution in [2.75, 3.05) is 0 Å². The van der Waals surface area contributed by atoms with E-state index in [9.17, 15) is 4.79 Å². The van der Waals surface area contributed by atoms with Gasteiger partial charge in [0.25, 0.3) is 5.91 Å². The van der Waals surface area contributed by atoms with Crippen molar-refractivity contribution in [3.05, 3.63) is 35.6 Å². The average molecular weight is 220 g/mol. The van der Waals surface area contributed by atoms with Crippen molar-refractivity contribution in [2.45, 2.75) is 0 Å². The van der Waals surface area contributed by atoms with Crippen LogP contribution in [0.4, 0.5) is 0 Å². The standard InChI is InChI=1S/C9H8N4OS/c10-13-8(14)7-5-12-9(15-7)6-2-1-3-11-4-6/h1-5H,10H2,(H,13,14). The molecule has 15 heavy (non-hydrogen) atoms. The SMILES string of the molecule is NNC(=O)c1cnc(-c2cccnc2)s1. The fourth-order valence-electron chi connectivity index (χ4n) is 1.07. The lowest BCUT2D eigenvalue weighted by Gasteiger charge is -1.93. The zero-order valence-corrected chi connectivity index (χ0v) is 8.49. The normalized spacial score (nSPS) is 9.93. The topological polar surface area (TPSA) is 80.9 Å². The second-order valence-corrected chi connectivity index (χ2v) is 3.78. The number of aromatic nitrogens is 2. The summed E-state index contributed by atoms with van der Waals surface area (Å²) in [6, 6.07) is 3.70. The summed E-state index contributed by atoms with van der Waals surface area (Å²) in [7, 11) is 0. The number of thiazole rings is 1. The van der Waals surface area contributed by atoms with Gasteiger partial charge in [0.15, 0.2) is 0 Å². The zero-order chi connectivity index (χ0) is 10.7. The van der Waals surface area contributed by atoms with E-state index in [2.05, 4.69) is 15.4 Å². The molecule has 2 aromatic rings. The number of hydrogen-bond donors (Lipinski definition) is 2. The summed E-state index contributed by atoms with van der Waals surface area (Å²) in [5, 5.41) is 0.752. The van der Waals surface area contributed by atoms with E-state index in [-0.39, 0.29) is 5.91 Å². The van der Waals surface area contributed by atoms with E-state index in [1.54, 1.807) is 12.4 Å². The van der Waals surface area contributed by atoms with Crippen LogP contribution < -0.4 is 11.3 Å². The van der Waals surface area contributed by atoms with Gasteiger partial charge < -0.3 is 0 Å². The summed E-state index contributed by atoms with van der Waals surface area (Å²) >= 11 is 1.28. The monoisotopic (exact) mass is 220 g/mol. The Morgan fingerprint density at radius 1 is 1.47 bits per heavy atom. The molecule has 0 fully saturated rings. The molecule has 0 aliphatic heterocycles. The third-order valence-electron chi connectivity index (χ3n) is 1.77. The second kappa shape index (κ2) is 4.16. The minimum absolute atomic E-state index is 0.331. The Balaban J connectivity index is 2.32. The zero-order valence-electron chi connectivity index (χ0n) is 7.68. The molecule has 1 amide bonds. The summed E-state index contributed by atoms with van der Waals surface area (Å²) in [6.07, 6.45) is 4.88. The van der Waals surface area contributed by atoms with Crippen molar-refractivity contribution in [2.24, 2.45) is 5.84 Å². The van der Waals surface area contributed by atoms with Crippen LogP contribution in [0.1, 0.15) is 9.67 Å². The third kappa shape index (κ3) is 2.00. The maximum absolute atomic E-state index is 11.2. The number of carbonyl (C=O) groups excluding carboxylic acids is 1. The molecule has 2 rings (SSSR count). The third-order valence-corrected chi connectivity index (χ3v) is 2.81. The maximum Gasteiger partial charge on any atom is 0.276 e. The lowest BCUT2D eigenvalue weighted by atomic mass is 10.3. The predicted molar refractivity (Wildman–Crippen MR) is 57.0 cm³/mol. The first-order valence-electron chi connectivity index (χ1n) is 4.18. The fourth-order valence-corrected chi connectivity index (χ4v) is 1.88. The minimum atomic E-state index is -0.331. The van der Waals surface area contributed by atoms with Crippen LogP contribution >= 0.6 is 11.3 Å². The van der Waals surface area contributed by atoms with Gasteiger partial charge in [-0.15, -0.1) is 11.3 Å². The number of nitrogens with one attached hydrogen (secondary N) is 1. The summed E-state index contributed by atoms with van der Waals surface area (Å²) in [6.45, 7) is 0. The lowest BCUT2D eigenvalue weighted by molar-refractivity contribution is 0.0957. The molecule has 5 nitrogen and oxygen atoms in total. The van der Waals surface area contributed by atoms with E-state index < -0.39 is 0 Å². The predicted octanol–water partition coefficient (Wildman–Crippen LogP) is 0.809. The van der Waals surface area contributed by atoms with E-state index in [0.717, 1.165) is 10.6 Å². The highest BCUT2D eigenvalue weighted by Crippen LogP contribution is 2.23. The number of nitrogens with zero attached hydrogens (tertiary/aromatic N) is 2. The Kier molecular flexibility index (Phi) is 2.70. The molecular formula is C9H8N4OS. The Morgan fingerprint density at radius 2 is 2.33 bits per heavy atom. The van der Waals surface area contributed by atoms with Crippen molar-refractivity contribution in [3.63, 3.8) is 0 Å². The Hall–Kier alpha value is -1.79. The van der Waals surface area contributed by atoms with Gasteiger partial charge in [-0.05, 0) is 12.1 Å². The highest BCUT2D eigenvalue weighted by atomic mass is 32.1. The van der Waals surface area contributed by atoms with Crippen LogP contribution in [-0.4, -0.2) is 15.9 Å². The molecule has 0 aromatic carbocycles. The number of rotatable bonds is 2. The molecule has 0 saturated carbocycles. The van der Waals surface area contributed by atoms with Gasteiger partial charge in [0.1, 0.15) is 9.88 Å². The molecule has 76 valence electrons. The molecule has 0 spiro atoms. The molecule has 2 heterocycles. The van der Waals surface area contributed by atoms with Crippen LogP contribution in [-0.2, 0) is 0 Å². The van der Waals surface area contributed by atoms with Crippen LogP contribution in [0.25, 0.3) is 10.6 Å². The van der Waals surface area contributed by atoms with Crippen molar-refractivity contribution in [3.8, 4) is 10.6 Å². The van der Waals surface area contributed by atoms with Crippen molar-refractivity contribution >= 4 is 17.2 Å². The van der Waals surface area contributed by atoms with E-state index in [4.69, 9.17) is 5.84 Å². The van der Waals surface area contributed by atoms with E-state index in [1.165, 1.54) is 17.5 Å². The summed E-state index contributed by atoms with van der Waals surface area (Å²) in [5.41, 5.74) is 2.95. The van der Waals surface area contributed by atoms with Gasteiger partial charge in [0, 0.05) is 18.0 Å². The van der Waals surface area contributed by atoms with Crippen molar-refractivity contribution in [1.29, 1.82) is 0 Å². The van der Waals surface area contributed by atoms with E-state index in [0.29, 0.717) is 4.88 Å². The molecule has 3 N–H and O–H groups in total. The first kappa shape index (κ1) is 9.75. The molecular weight excluding hydrogens is 212 g/mol. The van der Waals surface area contributed by atoms with Crippen LogP contribution in [0.5, 0.6) is 0 Å². The van der Waals surface area contributed by atoms with Gasteiger partial charge in [0.05, 0.1) is 6.20 Å². The number of pyridine rings is 1. The molecule has 0 aliphatic carbocycles. The maximum atomic E-state index is 11.2. The van der Waals surface area contributed by atoms with Gasteiger partial charge in [-0.2, -0.15) is 0 Å². The van der Waals surface area contributed by atoms with Crippen molar-refractivity contribution < 1.29 is 4.79 Å². The number of nitrogen functional groups attached to an aromatic ring is 1. The second-order valence-electron chi connectivity index (χ2n) is 2.74. The van der Waals surface area contributed by atoms with Gasteiger partial charge in [-0.25, -0.2) is 10.8 Å². The summed E-state index contributed by atoms with van der Waals surface area (Å²) in [4.78, 5) is 19.8. The summed E-state index contributed by atoms with van der Waals surface area (Å²) in [5.74, 6) is 4.69. The van der Waals surface area contributed by atoms with Crippen molar-refractivity contribution in [1.82, 2.24) is 15.4 Å². The Bertz CT molecular complexity index is 468. The molecule has 0 unspecified atom stereocenters. The van der Waals surface area contributed by atoms with Gasteiger partial charge >= 0.3 is 0 Å². The largest absolute Gasteiger partial charge is 0.289 e. The number of carbonyl (C=O) groups is 1. The molecule has 0 atom stereocenters. The Labute approximate surface area is 90.0 Å². The minimum Gasteiger partial charge on any atom is -0.289 e.